The van der Waals surface area contributed by atoms with Gasteiger partial charge in [0, 0.05) is 31.6 Å². The van der Waals surface area contributed by atoms with Crippen LogP contribution in [0.15, 0.2) is 0 Å². The summed E-state index contributed by atoms with van der Waals surface area (Å²) in [4.78, 5) is 13.5. The third-order valence-electron chi connectivity index (χ3n) is 3.24. The molecule has 15 heavy (non-hydrogen) atoms. The number of carbonyl (C=O) groups is 1. The minimum absolute atomic E-state index is 0.0505. The Morgan fingerprint density at radius 2 is 2.00 bits per heavy atom. The molecule has 2 saturated heterocycles. The smallest absolute Gasteiger partial charge is 0.225 e. The van der Waals surface area contributed by atoms with Crippen LogP contribution in [0.3, 0.4) is 0 Å². The first-order valence-electron chi connectivity index (χ1n) is 5.15. The van der Waals surface area contributed by atoms with E-state index in [2.05, 4.69) is 0 Å². The van der Waals surface area contributed by atoms with E-state index < -0.39 is 10.0 Å². The summed E-state index contributed by atoms with van der Waals surface area (Å²) < 4.78 is 24.2. The third-order valence-corrected chi connectivity index (χ3v) is 4.51. The van der Waals surface area contributed by atoms with E-state index in [1.165, 1.54) is 10.6 Å². The molecule has 86 valence electrons. The molecular weight excluding hydrogens is 216 g/mol. The van der Waals surface area contributed by atoms with Gasteiger partial charge in [-0.05, 0) is 6.42 Å². The van der Waals surface area contributed by atoms with E-state index in [0.29, 0.717) is 19.6 Å². The Labute approximate surface area is 90.1 Å². The Balaban J connectivity index is 2.12. The van der Waals surface area contributed by atoms with Crippen molar-refractivity contribution in [2.75, 3.05) is 25.9 Å². The zero-order valence-electron chi connectivity index (χ0n) is 9.01. The molecule has 2 heterocycles. The molecule has 0 bridgehead atoms. The van der Waals surface area contributed by atoms with Gasteiger partial charge >= 0.3 is 0 Å². The summed E-state index contributed by atoms with van der Waals surface area (Å²) >= 11 is 0. The Morgan fingerprint density at radius 3 is 2.60 bits per heavy atom. The number of piperazine rings is 1. The number of rotatable bonds is 1. The molecule has 2 rings (SSSR count). The maximum Gasteiger partial charge on any atom is 0.225 e. The number of nitrogens with zero attached hydrogens (tertiary/aromatic N) is 2. The van der Waals surface area contributed by atoms with E-state index in [0.717, 1.165) is 6.42 Å². The van der Waals surface area contributed by atoms with E-state index in [1.54, 1.807) is 0 Å². The topological polar surface area (TPSA) is 57.7 Å². The van der Waals surface area contributed by atoms with E-state index in [9.17, 15) is 13.2 Å². The molecule has 5 nitrogen and oxygen atoms in total. The average Bonchev–Trinajstić information content (AvgIpc) is 2.41. The summed E-state index contributed by atoms with van der Waals surface area (Å²) in [5.74, 6) is 0.225. The zero-order chi connectivity index (χ0) is 11.2. The molecule has 0 aromatic heterocycles. The molecule has 0 saturated carbocycles. The second kappa shape index (κ2) is 3.45. The van der Waals surface area contributed by atoms with Gasteiger partial charge in [-0.3, -0.25) is 4.79 Å². The first-order valence-corrected chi connectivity index (χ1v) is 7.00. The molecule has 1 amide bonds. The lowest BCUT2D eigenvalue weighted by Gasteiger charge is -2.35. The van der Waals surface area contributed by atoms with Crippen LogP contribution in [0.25, 0.3) is 0 Å². The molecule has 0 aromatic rings. The van der Waals surface area contributed by atoms with Crippen LogP contribution in [0.1, 0.15) is 13.3 Å². The molecule has 2 aliphatic heterocycles. The molecule has 2 unspecified atom stereocenters. The predicted octanol–water partition coefficient (Wildman–Crippen LogP) is -0.501. The van der Waals surface area contributed by atoms with Gasteiger partial charge in [0.05, 0.1) is 6.26 Å². The van der Waals surface area contributed by atoms with Crippen LogP contribution < -0.4 is 0 Å². The number of hydrogen-bond donors (Lipinski definition) is 0. The number of carbonyl (C=O) groups excluding carboxylic acids is 1. The van der Waals surface area contributed by atoms with Gasteiger partial charge in [-0.2, -0.15) is 4.31 Å². The molecule has 0 aromatic carbocycles. The van der Waals surface area contributed by atoms with Crippen LogP contribution in [0, 0.1) is 5.92 Å². The zero-order valence-corrected chi connectivity index (χ0v) is 9.83. The minimum Gasteiger partial charge on any atom is -0.337 e. The monoisotopic (exact) mass is 232 g/mol. The molecule has 2 fully saturated rings. The second-order valence-corrected chi connectivity index (χ2v) is 6.43. The standard InChI is InChI=1S/C9H16N2O3S/c1-7-5-8-6-10(15(2,13)14)3-4-11(8)9(7)12/h7-8H,3-6H2,1-2H3. The van der Waals surface area contributed by atoms with E-state index >= 15 is 0 Å². The summed E-state index contributed by atoms with van der Waals surface area (Å²) in [6.45, 7) is 3.36. The van der Waals surface area contributed by atoms with Gasteiger partial charge in [-0.15, -0.1) is 0 Å². The van der Waals surface area contributed by atoms with Gasteiger partial charge in [0.2, 0.25) is 15.9 Å². The fraction of sp³-hybridized carbons (Fsp3) is 0.889. The fourth-order valence-electron chi connectivity index (χ4n) is 2.41. The first kappa shape index (κ1) is 10.9. The highest BCUT2D eigenvalue weighted by atomic mass is 32.2. The van der Waals surface area contributed by atoms with Gasteiger partial charge in [0.25, 0.3) is 0 Å². The fourth-order valence-corrected chi connectivity index (χ4v) is 3.27. The minimum atomic E-state index is -3.10. The van der Waals surface area contributed by atoms with Crippen molar-refractivity contribution in [3.8, 4) is 0 Å². The third kappa shape index (κ3) is 1.88. The number of amides is 1. The Hall–Kier alpha value is -0.620. The molecule has 0 aliphatic carbocycles. The lowest BCUT2D eigenvalue weighted by molar-refractivity contribution is -0.132. The summed E-state index contributed by atoms with van der Waals surface area (Å²) in [6.07, 6.45) is 2.01. The Morgan fingerprint density at radius 1 is 1.33 bits per heavy atom. The van der Waals surface area contributed by atoms with Crippen LogP contribution in [0.4, 0.5) is 0 Å². The molecule has 0 spiro atoms. The maximum absolute atomic E-state index is 11.7. The van der Waals surface area contributed by atoms with E-state index in [4.69, 9.17) is 0 Å². The number of hydrogen-bond acceptors (Lipinski definition) is 3. The quantitative estimate of drug-likeness (QED) is 0.612. The Bertz CT molecular complexity index is 379. The van der Waals surface area contributed by atoms with E-state index in [-0.39, 0.29) is 17.9 Å². The van der Waals surface area contributed by atoms with Crippen molar-refractivity contribution in [1.29, 1.82) is 0 Å². The highest BCUT2D eigenvalue weighted by molar-refractivity contribution is 7.88. The van der Waals surface area contributed by atoms with Gasteiger partial charge in [-0.1, -0.05) is 6.92 Å². The lowest BCUT2D eigenvalue weighted by Crippen LogP contribution is -2.52. The molecule has 0 radical (unpaired) electrons. The van der Waals surface area contributed by atoms with Crippen molar-refractivity contribution in [3.05, 3.63) is 0 Å². The van der Waals surface area contributed by atoms with Gasteiger partial charge in [-0.25, -0.2) is 8.42 Å². The molecular formula is C9H16N2O3S. The van der Waals surface area contributed by atoms with Crippen molar-refractivity contribution < 1.29 is 13.2 Å². The normalized spacial score (nSPS) is 33.2. The Kier molecular flexibility index (Phi) is 2.50. The van der Waals surface area contributed by atoms with Crippen LogP contribution >= 0.6 is 0 Å². The van der Waals surface area contributed by atoms with Crippen LogP contribution in [-0.4, -0.2) is 55.5 Å². The predicted molar refractivity (Wildman–Crippen MR) is 55.7 cm³/mol. The average molecular weight is 232 g/mol. The molecule has 2 aliphatic rings. The summed E-state index contributed by atoms with van der Waals surface area (Å²) in [5.41, 5.74) is 0. The highest BCUT2D eigenvalue weighted by Gasteiger charge is 2.41. The van der Waals surface area contributed by atoms with Crippen LogP contribution in [0.5, 0.6) is 0 Å². The van der Waals surface area contributed by atoms with Crippen molar-refractivity contribution in [1.82, 2.24) is 9.21 Å². The highest BCUT2D eigenvalue weighted by Crippen LogP contribution is 2.27. The maximum atomic E-state index is 11.7. The lowest BCUT2D eigenvalue weighted by atomic mass is 10.1. The van der Waals surface area contributed by atoms with Crippen molar-refractivity contribution >= 4 is 15.9 Å². The summed E-state index contributed by atoms with van der Waals surface area (Å²) in [5, 5.41) is 0. The number of fused-ring (bicyclic) bond motifs is 1. The second-order valence-electron chi connectivity index (χ2n) is 4.44. The summed E-state index contributed by atoms with van der Waals surface area (Å²) in [6, 6.07) is 0.0935. The summed E-state index contributed by atoms with van der Waals surface area (Å²) in [7, 11) is -3.10. The first-order chi connectivity index (χ1) is 6.89. The van der Waals surface area contributed by atoms with Crippen LogP contribution in [0.2, 0.25) is 0 Å². The van der Waals surface area contributed by atoms with Gasteiger partial charge in [0.1, 0.15) is 0 Å². The van der Waals surface area contributed by atoms with Gasteiger partial charge < -0.3 is 4.90 Å². The SMILES string of the molecule is CC1CC2CN(S(C)(=O)=O)CCN2C1=O. The van der Waals surface area contributed by atoms with Crippen molar-refractivity contribution in [2.45, 2.75) is 19.4 Å². The van der Waals surface area contributed by atoms with Crippen molar-refractivity contribution in [3.63, 3.8) is 0 Å². The van der Waals surface area contributed by atoms with Gasteiger partial charge in [0.15, 0.2) is 0 Å². The van der Waals surface area contributed by atoms with Crippen molar-refractivity contribution in [2.24, 2.45) is 5.92 Å². The largest absolute Gasteiger partial charge is 0.337 e. The van der Waals surface area contributed by atoms with E-state index in [1.807, 2.05) is 11.8 Å². The van der Waals surface area contributed by atoms with Crippen LogP contribution in [-0.2, 0) is 14.8 Å². The number of sulfonamides is 1. The molecule has 6 heteroatoms. The molecule has 2 atom stereocenters. The molecule has 0 N–H and O–H groups in total.